The van der Waals surface area contributed by atoms with E-state index in [0.29, 0.717) is 5.02 Å². The number of aromatic nitrogens is 2. The summed E-state index contributed by atoms with van der Waals surface area (Å²) in [6.45, 7) is 7.42. The molecule has 3 heterocycles. The molecule has 0 unspecified atom stereocenters. The summed E-state index contributed by atoms with van der Waals surface area (Å²) in [6, 6.07) is 9.59. The molecule has 1 aliphatic rings. The molecule has 1 aliphatic heterocycles. The van der Waals surface area contributed by atoms with Gasteiger partial charge in [0.05, 0.1) is 25.0 Å². The van der Waals surface area contributed by atoms with Crippen molar-refractivity contribution in [3.63, 3.8) is 0 Å². The van der Waals surface area contributed by atoms with Gasteiger partial charge in [-0.1, -0.05) is 16.8 Å². The summed E-state index contributed by atoms with van der Waals surface area (Å²) in [5.41, 5.74) is 1.92. The zero-order valence-electron chi connectivity index (χ0n) is 14.7. The molecule has 1 saturated heterocycles. The topological polar surface area (TPSA) is 58.5 Å². The second-order valence-corrected chi connectivity index (χ2v) is 7.05. The van der Waals surface area contributed by atoms with Crippen LogP contribution in [0.1, 0.15) is 17.3 Å². The van der Waals surface area contributed by atoms with Crippen LogP contribution < -0.4 is 0 Å². The standard InChI is InChI=1S/C19H21ClN4O2/c1-14-10-17(26-22-14)12-23-6-8-24(9-7-23)13-19-21-11-18(25-19)15-2-4-16(20)5-3-15/h2-5,10-11H,6-9,12-13H2,1H3. The lowest BCUT2D eigenvalue weighted by Crippen LogP contribution is -2.45. The van der Waals surface area contributed by atoms with Crippen molar-refractivity contribution in [2.45, 2.75) is 20.0 Å². The van der Waals surface area contributed by atoms with Gasteiger partial charge in [0, 0.05) is 42.8 Å². The van der Waals surface area contributed by atoms with Crippen molar-refractivity contribution in [3.8, 4) is 11.3 Å². The van der Waals surface area contributed by atoms with Gasteiger partial charge in [-0.05, 0) is 31.2 Å². The van der Waals surface area contributed by atoms with Gasteiger partial charge in [0.25, 0.3) is 0 Å². The van der Waals surface area contributed by atoms with Crippen molar-refractivity contribution in [2.75, 3.05) is 26.2 Å². The predicted octanol–water partition coefficient (Wildman–Crippen LogP) is 3.61. The Morgan fingerprint density at radius 1 is 1.04 bits per heavy atom. The zero-order valence-corrected chi connectivity index (χ0v) is 15.4. The fraction of sp³-hybridized carbons (Fsp3) is 0.368. The molecule has 0 saturated carbocycles. The minimum absolute atomic E-state index is 0.715. The van der Waals surface area contributed by atoms with Crippen molar-refractivity contribution in [1.82, 2.24) is 19.9 Å². The number of hydrogen-bond acceptors (Lipinski definition) is 6. The third-order valence-corrected chi connectivity index (χ3v) is 4.81. The molecule has 0 radical (unpaired) electrons. The zero-order chi connectivity index (χ0) is 17.9. The first-order valence-electron chi connectivity index (χ1n) is 8.73. The first-order valence-corrected chi connectivity index (χ1v) is 9.11. The maximum absolute atomic E-state index is 5.93. The first kappa shape index (κ1) is 17.3. The van der Waals surface area contributed by atoms with Gasteiger partial charge in [0.1, 0.15) is 0 Å². The number of halogens is 1. The van der Waals surface area contributed by atoms with Crippen molar-refractivity contribution in [1.29, 1.82) is 0 Å². The Labute approximate surface area is 157 Å². The summed E-state index contributed by atoms with van der Waals surface area (Å²) in [7, 11) is 0. The SMILES string of the molecule is Cc1cc(CN2CCN(Cc3ncc(-c4ccc(Cl)cc4)o3)CC2)on1. The summed E-state index contributed by atoms with van der Waals surface area (Å²) in [5.74, 6) is 2.45. The first-order chi connectivity index (χ1) is 12.7. The average molecular weight is 373 g/mol. The second-order valence-electron chi connectivity index (χ2n) is 6.61. The lowest BCUT2D eigenvalue weighted by Gasteiger charge is -2.33. The van der Waals surface area contributed by atoms with Crippen LogP contribution in [-0.4, -0.2) is 46.1 Å². The number of benzene rings is 1. The molecule has 0 spiro atoms. The highest BCUT2D eigenvalue weighted by Crippen LogP contribution is 2.23. The van der Waals surface area contributed by atoms with E-state index in [-0.39, 0.29) is 0 Å². The maximum Gasteiger partial charge on any atom is 0.209 e. The van der Waals surface area contributed by atoms with E-state index in [4.69, 9.17) is 20.5 Å². The van der Waals surface area contributed by atoms with E-state index < -0.39 is 0 Å². The van der Waals surface area contributed by atoms with Crippen LogP contribution in [0, 0.1) is 6.92 Å². The van der Waals surface area contributed by atoms with E-state index in [1.165, 1.54) is 0 Å². The van der Waals surface area contributed by atoms with Crippen LogP contribution >= 0.6 is 11.6 Å². The number of aryl methyl sites for hydroxylation is 1. The lowest BCUT2D eigenvalue weighted by atomic mass is 10.2. The van der Waals surface area contributed by atoms with Crippen LogP contribution in [0.4, 0.5) is 0 Å². The molecule has 4 rings (SSSR count). The Morgan fingerprint density at radius 2 is 1.73 bits per heavy atom. The molecular weight excluding hydrogens is 352 g/mol. The van der Waals surface area contributed by atoms with Crippen LogP contribution in [0.3, 0.4) is 0 Å². The fourth-order valence-electron chi connectivity index (χ4n) is 3.14. The Balaban J connectivity index is 1.30. The summed E-state index contributed by atoms with van der Waals surface area (Å²) in [4.78, 5) is 9.16. The van der Waals surface area contributed by atoms with Gasteiger partial charge in [-0.15, -0.1) is 0 Å². The third-order valence-electron chi connectivity index (χ3n) is 4.56. The third kappa shape index (κ3) is 4.15. The molecule has 0 atom stereocenters. The molecule has 0 N–H and O–H groups in total. The quantitative estimate of drug-likeness (QED) is 0.682. The van der Waals surface area contributed by atoms with E-state index in [9.17, 15) is 0 Å². The molecule has 0 amide bonds. The van der Waals surface area contributed by atoms with Crippen LogP contribution in [0.15, 0.2) is 45.5 Å². The Bertz CT molecular complexity index is 851. The molecule has 3 aromatic rings. The summed E-state index contributed by atoms with van der Waals surface area (Å²) in [6.07, 6.45) is 1.78. The van der Waals surface area contributed by atoms with Crippen molar-refractivity contribution in [3.05, 3.63) is 58.9 Å². The van der Waals surface area contributed by atoms with Crippen LogP contribution in [0.5, 0.6) is 0 Å². The van der Waals surface area contributed by atoms with E-state index in [2.05, 4.69) is 19.9 Å². The van der Waals surface area contributed by atoms with Crippen molar-refractivity contribution < 1.29 is 8.94 Å². The van der Waals surface area contributed by atoms with Gasteiger partial charge in [0.15, 0.2) is 11.5 Å². The minimum atomic E-state index is 0.715. The van der Waals surface area contributed by atoms with Gasteiger partial charge in [0.2, 0.25) is 5.89 Å². The van der Waals surface area contributed by atoms with E-state index in [1.807, 2.05) is 37.3 Å². The van der Waals surface area contributed by atoms with Crippen molar-refractivity contribution >= 4 is 11.6 Å². The number of hydrogen-bond donors (Lipinski definition) is 0. The second kappa shape index (κ2) is 7.61. The summed E-state index contributed by atoms with van der Waals surface area (Å²) < 4.78 is 11.2. The normalized spacial score (nSPS) is 16.2. The molecule has 6 nitrogen and oxygen atoms in total. The Morgan fingerprint density at radius 3 is 2.38 bits per heavy atom. The number of rotatable bonds is 5. The number of oxazole rings is 1. The molecule has 0 aliphatic carbocycles. The van der Waals surface area contributed by atoms with Gasteiger partial charge >= 0.3 is 0 Å². The molecule has 136 valence electrons. The summed E-state index contributed by atoms with van der Waals surface area (Å²) in [5, 5.41) is 4.66. The largest absolute Gasteiger partial charge is 0.439 e. The van der Waals surface area contributed by atoms with Crippen LogP contribution in [-0.2, 0) is 13.1 Å². The van der Waals surface area contributed by atoms with Gasteiger partial charge in [-0.2, -0.15) is 0 Å². The van der Waals surface area contributed by atoms with Crippen LogP contribution in [0.25, 0.3) is 11.3 Å². The van der Waals surface area contributed by atoms with Crippen LogP contribution in [0.2, 0.25) is 5.02 Å². The molecule has 0 bridgehead atoms. The fourth-order valence-corrected chi connectivity index (χ4v) is 3.26. The molecular formula is C19H21ClN4O2. The Kier molecular flexibility index (Phi) is 5.06. The lowest BCUT2D eigenvalue weighted by molar-refractivity contribution is 0.107. The van der Waals surface area contributed by atoms with Crippen molar-refractivity contribution in [2.24, 2.45) is 0 Å². The smallest absolute Gasteiger partial charge is 0.209 e. The Hall–Kier alpha value is -2.15. The van der Waals surface area contributed by atoms with E-state index in [0.717, 1.165) is 67.9 Å². The highest BCUT2D eigenvalue weighted by atomic mass is 35.5. The minimum Gasteiger partial charge on any atom is -0.439 e. The molecule has 1 aromatic carbocycles. The van der Waals surface area contributed by atoms with E-state index >= 15 is 0 Å². The number of nitrogens with zero attached hydrogens (tertiary/aromatic N) is 4. The average Bonchev–Trinajstić information content (AvgIpc) is 3.26. The monoisotopic (exact) mass is 372 g/mol. The van der Waals surface area contributed by atoms with Gasteiger partial charge in [-0.25, -0.2) is 4.98 Å². The van der Waals surface area contributed by atoms with Gasteiger partial charge in [-0.3, -0.25) is 9.80 Å². The summed E-state index contributed by atoms with van der Waals surface area (Å²) >= 11 is 5.93. The maximum atomic E-state index is 5.93. The molecule has 7 heteroatoms. The number of piperazine rings is 1. The van der Waals surface area contributed by atoms with E-state index in [1.54, 1.807) is 6.20 Å². The molecule has 2 aromatic heterocycles. The highest BCUT2D eigenvalue weighted by molar-refractivity contribution is 6.30. The predicted molar refractivity (Wildman–Crippen MR) is 98.7 cm³/mol. The highest BCUT2D eigenvalue weighted by Gasteiger charge is 2.20. The molecule has 26 heavy (non-hydrogen) atoms. The molecule has 1 fully saturated rings. The van der Waals surface area contributed by atoms with Gasteiger partial charge < -0.3 is 8.94 Å².